The Morgan fingerprint density at radius 3 is 2.73 bits per heavy atom. The first kappa shape index (κ1) is 20.0. The van der Waals surface area contributed by atoms with Gasteiger partial charge in [0.1, 0.15) is 13.2 Å². The summed E-state index contributed by atoms with van der Waals surface area (Å²) in [5.74, 6) is 1.94. The Hall–Kier alpha value is -3.26. The van der Waals surface area contributed by atoms with Gasteiger partial charge in [-0.1, -0.05) is 48.2 Å². The molecule has 1 amide bonds. The lowest BCUT2D eigenvalue weighted by molar-refractivity contribution is -0.115. The van der Waals surface area contributed by atoms with Crippen LogP contribution in [0.25, 0.3) is 11.4 Å². The van der Waals surface area contributed by atoms with Crippen LogP contribution < -0.4 is 14.8 Å². The number of amides is 1. The number of rotatable bonds is 7. The van der Waals surface area contributed by atoms with Crippen LogP contribution in [-0.4, -0.2) is 39.1 Å². The summed E-state index contributed by atoms with van der Waals surface area (Å²) in [6.07, 6.45) is 1.79. The van der Waals surface area contributed by atoms with Crippen molar-refractivity contribution in [3.05, 3.63) is 61.2 Å². The second-order valence-corrected chi connectivity index (χ2v) is 7.99. The molecule has 7 nitrogen and oxygen atoms in total. The summed E-state index contributed by atoms with van der Waals surface area (Å²) >= 11 is 1.36. The molecule has 154 valence electrons. The van der Waals surface area contributed by atoms with E-state index in [4.69, 9.17) is 9.47 Å². The van der Waals surface area contributed by atoms with Crippen molar-refractivity contribution in [3.8, 4) is 22.9 Å². The van der Waals surface area contributed by atoms with E-state index < -0.39 is 0 Å². The molecule has 1 aromatic heterocycles. The molecule has 0 aliphatic carbocycles. The van der Waals surface area contributed by atoms with E-state index in [0.717, 1.165) is 11.4 Å². The summed E-state index contributed by atoms with van der Waals surface area (Å²) < 4.78 is 13.1. The molecule has 30 heavy (non-hydrogen) atoms. The SMILES string of the molecule is C=CCn1c(SC(C)C(=O)Nc2ccc3c(c2)OCCO3)nnc1-c1ccccc1. The van der Waals surface area contributed by atoms with Crippen LogP contribution in [0.1, 0.15) is 6.92 Å². The number of nitrogens with one attached hydrogen (secondary N) is 1. The molecule has 0 spiro atoms. The van der Waals surface area contributed by atoms with Gasteiger partial charge in [-0.3, -0.25) is 9.36 Å². The number of nitrogens with zero attached hydrogens (tertiary/aromatic N) is 3. The quantitative estimate of drug-likeness (QED) is 0.458. The summed E-state index contributed by atoms with van der Waals surface area (Å²) in [5.41, 5.74) is 1.63. The van der Waals surface area contributed by atoms with Gasteiger partial charge in [-0.2, -0.15) is 0 Å². The Balaban J connectivity index is 1.48. The number of fused-ring (bicyclic) bond motifs is 1. The highest BCUT2D eigenvalue weighted by atomic mass is 32.2. The summed E-state index contributed by atoms with van der Waals surface area (Å²) in [4.78, 5) is 12.7. The predicted molar refractivity (Wildman–Crippen MR) is 117 cm³/mol. The molecule has 1 aliphatic rings. The van der Waals surface area contributed by atoms with E-state index >= 15 is 0 Å². The van der Waals surface area contributed by atoms with Crippen LogP contribution in [0, 0.1) is 0 Å². The average Bonchev–Trinajstić information content (AvgIpc) is 3.16. The van der Waals surface area contributed by atoms with Crippen molar-refractivity contribution in [2.24, 2.45) is 0 Å². The molecule has 1 unspecified atom stereocenters. The third-order valence-corrected chi connectivity index (χ3v) is 5.60. The molecule has 0 bridgehead atoms. The Bertz CT molecular complexity index is 1050. The van der Waals surface area contributed by atoms with E-state index in [-0.39, 0.29) is 11.2 Å². The minimum absolute atomic E-state index is 0.133. The molecule has 0 saturated carbocycles. The Morgan fingerprint density at radius 1 is 1.20 bits per heavy atom. The van der Waals surface area contributed by atoms with Gasteiger partial charge in [-0.05, 0) is 19.1 Å². The van der Waals surface area contributed by atoms with Gasteiger partial charge in [-0.25, -0.2) is 0 Å². The monoisotopic (exact) mass is 422 g/mol. The highest BCUT2D eigenvalue weighted by molar-refractivity contribution is 8.00. The number of allylic oxidation sites excluding steroid dienone is 1. The maximum absolute atomic E-state index is 12.7. The molecular weight excluding hydrogens is 400 g/mol. The van der Waals surface area contributed by atoms with Gasteiger partial charge in [0.15, 0.2) is 22.5 Å². The van der Waals surface area contributed by atoms with Crippen LogP contribution in [0.15, 0.2) is 66.3 Å². The normalized spacial score (nSPS) is 13.5. The molecule has 2 heterocycles. The number of carbonyl (C=O) groups is 1. The minimum atomic E-state index is -0.380. The zero-order valence-corrected chi connectivity index (χ0v) is 17.4. The van der Waals surface area contributed by atoms with Gasteiger partial charge in [0.2, 0.25) is 5.91 Å². The number of ether oxygens (including phenoxy) is 2. The first-order valence-electron chi connectivity index (χ1n) is 9.62. The Morgan fingerprint density at radius 2 is 1.97 bits per heavy atom. The third-order valence-electron chi connectivity index (χ3n) is 4.52. The molecule has 0 fully saturated rings. The van der Waals surface area contributed by atoms with Crippen molar-refractivity contribution >= 4 is 23.4 Å². The number of hydrogen-bond donors (Lipinski definition) is 1. The number of thioether (sulfide) groups is 1. The molecule has 1 atom stereocenters. The fourth-order valence-corrected chi connectivity index (χ4v) is 3.91. The standard InChI is InChI=1S/C22H22N4O3S/c1-3-11-26-20(16-7-5-4-6-8-16)24-25-22(26)30-15(2)21(27)23-17-9-10-18-19(14-17)29-13-12-28-18/h3-10,14-15H,1,11-13H2,2H3,(H,23,27). The van der Waals surface area contributed by atoms with Crippen LogP contribution in [0.5, 0.6) is 11.5 Å². The van der Waals surface area contributed by atoms with E-state index in [1.807, 2.05) is 41.8 Å². The van der Waals surface area contributed by atoms with Crippen molar-refractivity contribution in [2.75, 3.05) is 18.5 Å². The highest BCUT2D eigenvalue weighted by Crippen LogP contribution is 2.33. The second kappa shape index (κ2) is 9.04. The van der Waals surface area contributed by atoms with Gasteiger partial charge in [0, 0.05) is 23.9 Å². The smallest absolute Gasteiger partial charge is 0.237 e. The summed E-state index contributed by atoms with van der Waals surface area (Å²) in [7, 11) is 0. The summed E-state index contributed by atoms with van der Waals surface area (Å²) in [5, 5.41) is 11.9. The van der Waals surface area contributed by atoms with Crippen LogP contribution in [-0.2, 0) is 11.3 Å². The van der Waals surface area contributed by atoms with E-state index in [1.165, 1.54) is 11.8 Å². The van der Waals surface area contributed by atoms with Gasteiger partial charge < -0.3 is 14.8 Å². The summed E-state index contributed by atoms with van der Waals surface area (Å²) in [6, 6.07) is 15.2. The fraction of sp³-hybridized carbons (Fsp3) is 0.227. The lowest BCUT2D eigenvalue weighted by Gasteiger charge is -2.19. The first-order chi connectivity index (χ1) is 14.7. The van der Waals surface area contributed by atoms with E-state index in [2.05, 4.69) is 22.1 Å². The topological polar surface area (TPSA) is 78.3 Å². The van der Waals surface area contributed by atoms with Gasteiger partial charge in [-0.15, -0.1) is 16.8 Å². The van der Waals surface area contributed by atoms with Crippen LogP contribution in [0.2, 0.25) is 0 Å². The number of aromatic nitrogens is 3. The molecular formula is C22H22N4O3S. The lowest BCUT2D eigenvalue weighted by atomic mass is 10.2. The highest BCUT2D eigenvalue weighted by Gasteiger charge is 2.21. The number of anilines is 1. The van der Waals surface area contributed by atoms with E-state index in [1.54, 1.807) is 24.3 Å². The second-order valence-electron chi connectivity index (χ2n) is 6.68. The van der Waals surface area contributed by atoms with Crippen LogP contribution >= 0.6 is 11.8 Å². The third kappa shape index (κ3) is 4.33. The van der Waals surface area contributed by atoms with Crippen molar-refractivity contribution < 1.29 is 14.3 Å². The largest absolute Gasteiger partial charge is 0.486 e. The summed E-state index contributed by atoms with van der Waals surface area (Å²) in [6.45, 7) is 7.25. The molecule has 1 aliphatic heterocycles. The Labute approximate surface area is 179 Å². The average molecular weight is 423 g/mol. The van der Waals surface area contributed by atoms with Gasteiger partial charge >= 0.3 is 0 Å². The molecule has 2 aromatic carbocycles. The minimum Gasteiger partial charge on any atom is -0.486 e. The molecule has 0 radical (unpaired) electrons. The van der Waals surface area contributed by atoms with Crippen molar-refractivity contribution in [1.29, 1.82) is 0 Å². The first-order valence-corrected chi connectivity index (χ1v) is 10.5. The van der Waals surface area contributed by atoms with Gasteiger partial charge in [0.05, 0.1) is 5.25 Å². The van der Waals surface area contributed by atoms with Crippen LogP contribution in [0.3, 0.4) is 0 Å². The number of carbonyl (C=O) groups excluding carboxylic acids is 1. The Kier molecular flexibility index (Phi) is 6.04. The molecule has 1 N–H and O–H groups in total. The van der Waals surface area contributed by atoms with E-state index in [0.29, 0.717) is 42.1 Å². The van der Waals surface area contributed by atoms with Crippen molar-refractivity contribution in [1.82, 2.24) is 14.8 Å². The maximum Gasteiger partial charge on any atom is 0.237 e. The van der Waals surface area contributed by atoms with E-state index in [9.17, 15) is 4.79 Å². The van der Waals surface area contributed by atoms with Crippen molar-refractivity contribution in [2.45, 2.75) is 23.9 Å². The van der Waals surface area contributed by atoms with Crippen LogP contribution in [0.4, 0.5) is 5.69 Å². The molecule has 3 aromatic rings. The fourth-order valence-electron chi connectivity index (χ4n) is 3.05. The van der Waals surface area contributed by atoms with Gasteiger partial charge in [0.25, 0.3) is 0 Å². The molecule has 8 heteroatoms. The molecule has 4 rings (SSSR count). The lowest BCUT2D eigenvalue weighted by Crippen LogP contribution is -2.23. The number of benzene rings is 2. The number of hydrogen-bond acceptors (Lipinski definition) is 6. The molecule has 0 saturated heterocycles. The zero-order valence-electron chi connectivity index (χ0n) is 16.6. The zero-order chi connectivity index (χ0) is 20.9. The predicted octanol–water partition coefficient (Wildman–Crippen LogP) is 4.02. The maximum atomic E-state index is 12.7. The van der Waals surface area contributed by atoms with Crippen molar-refractivity contribution in [3.63, 3.8) is 0 Å².